The predicted octanol–water partition coefficient (Wildman–Crippen LogP) is 1.76. The Morgan fingerprint density at radius 3 is 2.48 bits per heavy atom. The van der Waals surface area contributed by atoms with Gasteiger partial charge in [0.25, 0.3) is 5.91 Å². The van der Waals surface area contributed by atoms with E-state index in [4.69, 9.17) is 33.2 Å². The molecule has 0 aromatic heterocycles. The second kappa shape index (κ2) is 8.35. The lowest BCUT2D eigenvalue weighted by Gasteiger charge is -2.12. The average Bonchev–Trinajstić information content (AvgIpc) is 2.45. The monoisotopic (exact) mass is 329 g/mol. The Morgan fingerprint density at radius 2 is 1.86 bits per heavy atom. The molecule has 0 aliphatic rings. The van der Waals surface area contributed by atoms with E-state index in [2.05, 4.69) is 10.6 Å². The minimum atomic E-state index is -0.464. The van der Waals surface area contributed by atoms with E-state index in [1.807, 2.05) is 0 Å². The van der Waals surface area contributed by atoms with Crippen LogP contribution < -0.4 is 15.4 Å². The van der Waals surface area contributed by atoms with Gasteiger partial charge in [0.15, 0.2) is 5.75 Å². The third-order valence-electron chi connectivity index (χ3n) is 2.46. The Kier molecular flexibility index (Phi) is 6.79. The third kappa shape index (κ3) is 4.81. The summed E-state index contributed by atoms with van der Waals surface area (Å²) < 4.78 is 5.07. The van der Waals surface area contributed by atoms with Crippen LogP contribution in [0.1, 0.15) is 16.8 Å². The summed E-state index contributed by atoms with van der Waals surface area (Å²) in [6.07, 6.45) is -0.220. The average molecular weight is 330 g/mol. The predicted molar refractivity (Wildman–Crippen MR) is 78.6 cm³/mol. The van der Waals surface area contributed by atoms with Crippen molar-refractivity contribution in [1.29, 1.82) is 5.26 Å². The molecule has 0 aliphatic carbocycles. The van der Waals surface area contributed by atoms with Crippen molar-refractivity contribution in [2.24, 2.45) is 0 Å². The maximum Gasteiger partial charge on any atom is 0.256 e. The summed E-state index contributed by atoms with van der Waals surface area (Å²) in [4.78, 5) is 23.1. The van der Waals surface area contributed by atoms with Crippen molar-refractivity contribution < 1.29 is 14.3 Å². The summed E-state index contributed by atoms with van der Waals surface area (Å²) in [7, 11) is 1.39. The number of nitrogens with one attached hydrogen (secondary N) is 2. The number of nitrogens with zero attached hydrogens (tertiary/aromatic N) is 1. The van der Waals surface area contributed by atoms with Gasteiger partial charge in [0.1, 0.15) is 12.0 Å². The normalized spacial score (nSPS) is 9.62. The summed E-state index contributed by atoms with van der Waals surface area (Å²) in [5.74, 6) is -0.672. The smallest absolute Gasteiger partial charge is 0.256 e. The van der Waals surface area contributed by atoms with Crippen LogP contribution in [-0.2, 0) is 4.79 Å². The molecule has 0 saturated carbocycles. The first-order valence-electron chi connectivity index (χ1n) is 5.95. The van der Waals surface area contributed by atoms with Gasteiger partial charge in [0.05, 0.1) is 23.2 Å². The largest absolute Gasteiger partial charge is 0.494 e. The number of amides is 2. The van der Waals surface area contributed by atoms with Crippen LogP contribution in [0.5, 0.6) is 5.75 Å². The Morgan fingerprint density at radius 1 is 1.24 bits per heavy atom. The lowest BCUT2D eigenvalue weighted by molar-refractivity contribution is -0.120. The highest BCUT2D eigenvalue weighted by Crippen LogP contribution is 2.33. The first-order chi connectivity index (χ1) is 10.0. The molecule has 0 saturated heterocycles. The highest BCUT2D eigenvalue weighted by Gasteiger charge is 2.19. The summed E-state index contributed by atoms with van der Waals surface area (Å²) >= 11 is 11.9. The molecule has 1 rings (SSSR count). The van der Waals surface area contributed by atoms with Crippen molar-refractivity contribution in [2.45, 2.75) is 6.42 Å². The highest BCUT2D eigenvalue weighted by atomic mass is 35.5. The zero-order valence-corrected chi connectivity index (χ0v) is 12.7. The highest BCUT2D eigenvalue weighted by molar-refractivity contribution is 6.37. The second-order valence-corrected chi connectivity index (χ2v) is 4.69. The van der Waals surface area contributed by atoms with Crippen molar-refractivity contribution in [2.75, 3.05) is 20.2 Å². The molecule has 1 aromatic carbocycles. The van der Waals surface area contributed by atoms with Crippen molar-refractivity contribution in [3.05, 3.63) is 27.7 Å². The van der Waals surface area contributed by atoms with E-state index in [-0.39, 0.29) is 40.9 Å². The Hall–Kier alpha value is -1.97. The quantitative estimate of drug-likeness (QED) is 0.778. The number of benzene rings is 1. The Labute approximate surface area is 132 Å². The fourth-order valence-electron chi connectivity index (χ4n) is 1.54. The molecule has 0 unspecified atom stereocenters. The van der Waals surface area contributed by atoms with Crippen molar-refractivity contribution >= 4 is 35.0 Å². The molecule has 0 aliphatic heterocycles. The number of methoxy groups -OCH3 is 1. The van der Waals surface area contributed by atoms with Gasteiger partial charge in [0.2, 0.25) is 5.91 Å². The van der Waals surface area contributed by atoms with Crippen molar-refractivity contribution in [3.8, 4) is 11.8 Å². The molecule has 0 fully saturated rings. The summed E-state index contributed by atoms with van der Waals surface area (Å²) in [6.45, 7) is 0.384. The number of hydrogen-bond donors (Lipinski definition) is 2. The molecule has 2 amide bonds. The molecule has 112 valence electrons. The number of carbonyl (C=O) groups excluding carboxylic acids is 2. The number of nitriles is 1. The van der Waals surface area contributed by atoms with Crippen LogP contribution in [-0.4, -0.2) is 32.0 Å². The minimum Gasteiger partial charge on any atom is -0.494 e. The van der Waals surface area contributed by atoms with Crippen LogP contribution in [0.3, 0.4) is 0 Å². The van der Waals surface area contributed by atoms with Gasteiger partial charge in [-0.15, -0.1) is 0 Å². The third-order valence-corrected chi connectivity index (χ3v) is 3.07. The summed E-state index contributed by atoms with van der Waals surface area (Å²) in [5.41, 5.74) is 0.134. The topological polar surface area (TPSA) is 91.2 Å². The number of halogens is 2. The minimum absolute atomic E-state index is 0.134. The maximum absolute atomic E-state index is 12.1. The first-order valence-corrected chi connectivity index (χ1v) is 6.70. The van der Waals surface area contributed by atoms with Gasteiger partial charge in [-0.05, 0) is 12.1 Å². The molecule has 0 atom stereocenters. The maximum atomic E-state index is 12.1. The Balaban J connectivity index is 2.63. The zero-order valence-electron chi connectivity index (χ0n) is 11.2. The molecule has 8 heteroatoms. The number of ether oxygens (including phenoxy) is 1. The van der Waals surface area contributed by atoms with E-state index in [0.717, 1.165) is 0 Å². The fraction of sp³-hybridized carbons (Fsp3) is 0.308. The molecule has 0 bridgehead atoms. The summed E-state index contributed by atoms with van der Waals surface area (Å²) in [5, 5.41) is 13.9. The molecular formula is C13H13Cl2N3O3. The van der Waals surface area contributed by atoms with E-state index >= 15 is 0 Å². The van der Waals surface area contributed by atoms with Gasteiger partial charge in [-0.2, -0.15) is 5.26 Å². The lowest BCUT2D eigenvalue weighted by Crippen LogP contribution is -2.34. The molecule has 6 nitrogen and oxygen atoms in total. The second-order valence-electron chi connectivity index (χ2n) is 3.88. The van der Waals surface area contributed by atoms with Gasteiger partial charge in [-0.3, -0.25) is 9.59 Å². The molecule has 2 N–H and O–H groups in total. The molecule has 1 aromatic rings. The van der Waals surface area contributed by atoms with Gasteiger partial charge < -0.3 is 15.4 Å². The van der Waals surface area contributed by atoms with Gasteiger partial charge in [0, 0.05) is 13.1 Å². The van der Waals surface area contributed by atoms with Crippen LogP contribution in [0.15, 0.2) is 12.1 Å². The molecular weight excluding hydrogens is 317 g/mol. The van der Waals surface area contributed by atoms with Crippen LogP contribution in [0.2, 0.25) is 10.0 Å². The van der Waals surface area contributed by atoms with Crippen LogP contribution in [0.4, 0.5) is 0 Å². The molecule has 0 spiro atoms. The number of rotatable bonds is 6. The summed E-state index contributed by atoms with van der Waals surface area (Å²) in [6, 6.07) is 4.75. The van der Waals surface area contributed by atoms with Crippen LogP contribution in [0.25, 0.3) is 0 Å². The standard InChI is InChI=1S/C13H13Cl2N3O3/c1-21-12-9(15)3-2-8(14)11(12)13(20)18-7-6-17-10(19)4-5-16/h2-3H,4,6-7H2,1H3,(H,17,19)(H,18,20). The lowest BCUT2D eigenvalue weighted by atomic mass is 10.2. The van der Waals surface area contributed by atoms with E-state index in [9.17, 15) is 9.59 Å². The van der Waals surface area contributed by atoms with Crippen LogP contribution in [0, 0.1) is 11.3 Å². The Bertz CT molecular complexity index is 585. The van der Waals surface area contributed by atoms with Gasteiger partial charge in [-0.1, -0.05) is 23.2 Å². The van der Waals surface area contributed by atoms with E-state index in [1.54, 1.807) is 6.07 Å². The van der Waals surface area contributed by atoms with E-state index in [1.165, 1.54) is 19.2 Å². The van der Waals surface area contributed by atoms with Crippen molar-refractivity contribution in [1.82, 2.24) is 10.6 Å². The van der Waals surface area contributed by atoms with Gasteiger partial charge >= 0.3 is 0 Å². The molecule has 21 heavy (non-hydrogen) atoms. The van der Waals surface area contributed by atoms with E-state index < -0.39 is 11.8 Å². The van der Waals surface area contributed by atoms with Crippen molar-refractivity contribution in [3.63, 3.8) is 0 Å². The SMILES string of the molecule is COc1c(Cl)ccc(Cl)c1C(=O)NCCNC(=O)CC#N. The van der Waals surface area contributed by atoms with Gasteiger partial charge in [-0.25, -0.2) is 0 Å². The molecule has 0 heterocycles. The fourth-order valence-corrected chi connectivity index (χ4v) is 2.01. The van der Waals surface area contributed by atoms with E-state index in [0.29, 0.717) is 0 Å². The molecule has 0 radical (unpaired) electrons. The number of hydrogen-bond acceptors (Lipinski definition) is 4. The van der Waals surface area contributed by atoms with Crippen LogP contribution >= 0.6 is 23.2 Å². The first kappa shape index (κ1) is 17.1. The zero-order chi connectivity index (χ0) is 15.8. The number of carbonyl (C=O) groups is 2.